The number of carboxylic acid groups (broad SMARTS) is 1. The van der Waals surface area contributed by atoms with Gasteiger partial charge in [-0.2, -0.15) is 0 Å². The van der Waals surface area contributed by atoms with Crippen LogP contribution in [-0.2, 0) is 4.79 Å². The third kappa shape index (κ3) is 4.93. The van der Waals surface area contributed by atoms with Crippen LogP contribution in [0.15, 0.2) is 0 Å². The second kappa shape index (κ2) is 7.52. The van der Waals surface area contributed by atoms with Crippen LogP contribution >= 0.6 is 0 Å². The summed E-state index contributed by atoms with van der Waals surface area (Å²) in [4.78, 5) is 13.3. The Labute approximate surface area is 141 Å². The Kier molecular flexibility index (Phi) is 5.63. The van der Waals surface area contributed by atoms with E-state index in [0.717, 1.165) is 37.1 Å². The van der Waals surface area contributed by atoms with Crippen LogP contribution in [0.25, 0.3) is 0 Å². The molecule has 0 unspecified atom stereocenters. The van der Waals surface area contributed by atoms with E-state index >= 15 is 0 Å². The third-order valence-corrected chi connectivity index (χ3v) is 6.34. The lowest BCUT2D eigenvalue weighted by Gasteiger charge is -2.45. The van der Waals surface area contributed by atoms with Gasteiger partial charge in [-0.1, -0.05) is 13.8 Å². The fourth-order valence-corrected chi connectivity index (χ4v) is 4.46. The molecule has 3 aliphatic rings. The molecule has 0 aromatic heterocycles. The molecule has 3 fully saturated rings. The average Bonchev–Trinajstić information content (AvgIpc) is 3.25. The molecule has 4 heteroatoms. The van der Waals surface area contributed by atoms with Gasteiger partial charge >= 0.3 is 5.97 Å². The number of nitrogens with zero attached hydrogens (tertiary/aromatic N) is 1. The van der Waals surface area contributed by atoms with Crippen LogP contribution < -0.4 is 5.32 Å². The molecule has 3 rings (SSSR count). The molecule has 0 aromatic rings. The zero-order valence-corrected chi connectivity index (χ0v) is 14.8. The topological polar surface area (TPSA) is 52.6 Å². The maximum absolute atomic E-state index is 11.1. The Morgan fingerprint density at radius 1 is 1.09 bits per heavy atom. The molecule has 132 valence electrons. The zero-order valence-electron chi connectivity index (χ0n) is 14.8. The van der Waals surface area contributed by atoms with E-state index in [1.54, 1.807) is 0 Å². The molecule has 0 spiro atoms. The summed E-state index contributed by atoms with van der Waals surface area (Å²) in [5.74, 6) is 1.85. The number of hydrogen-bond donors (Lipinski definition) is 2. The highest BCUT2D eigenvalue weighted by atomic mass is 16.4. The molecule has 0 amide bonds. The fraction of sp³-hybridized carbons (Fsp3) is 0.947. The van der Waals surface area contributed by atoms with Crippen LogP contribution in [0.2, 0.25) is 0 Å². The van der Waals surface area contributed by atoms with Crippen LogP contribution in [-0.4, -0.2) is 47.2 Å². The molecule has 0 saturated heterocycles. The minimum absolute atomic E-state index is 0.230. The van der Waals surface area contributed by atoms with Crippen molar-refractivity contribution >= 4 is 5.97 Å². The highest BCUT2D eigenvalue weighted by molar-refractivity contribution is 5.69. The minimum atomic E-state index is -0.672. The average molecular weight is 322 g/mol. The van der Waals surface area contributed by atoms with Crippen molar-refractivity contribution in [1.82, 2.24) is 10.2 Å². The molecule has 3 aliphatic carbocycles. The van der Waals surface area contributed by atoms with Crippen LogP contribution in [0.4, 0.5) is 0 Å². The molecule has 23 heavy (non-hydrogen) atoms. The van der Waals surface area contributed by atoms with Gasteiger partial charge < -0.3 is 10.4 Å². The second-order valence-corrected chi connectivity index (χ2v) is 8.61. The van der Waals surface area contributed by atoms with E-state index in [-0.39, 0.29) is 6.54 Å². The molecular weight excluding hydrogens is 288 g/mol. The molecule has 3 saturated carbocycles. The maximum atomic E-state index is 11.1. The van der Waals surface area contributed by atoms with Crippen molar-refractivity contribution in [2.24, 2.45) is 17.8 Å². The van der Waals surface area contributed by atoms with Gasteiger partial charge in [-0.3, -0.25) is 9.69 Å². The fourth-order valence-electron chi connectivity index (χ4n) is 4.46. The van der Waals surface area contributed by atoms with E-state index < -0.39 is 5.97 Å². The molecular formula is C19H34N2O2. The van der Waals surface area contributed by atoms with Crippen LogP contribution in [0.1, 0.15) is 65.2 Å². The number of rotatable bonds is 8. The number of nitrogens with one attached hydrogen (secondary N) is 1. The van der Waals surface area contributed by atoms with Crippen molar-refractivity contribution in [2.75, 3.05) is 13.1 Å². The molecule has 0 heterocycles. The lowest BCUT2D eigenvalue weighted by molar-refractivity contribution is -0.139. The predicted molar refractivity (Wildman–Crippen MR) is 92.5 cm³/mol. The Bertz CT molecular complexity index is 394. The van der Waals surface area contributed by atoms with Gasteiger partial charge in [0.1, 0.15) is 0 Å². The van der Waals surface area contributed by atoms with Gasteiger partial charge in [-0.25, -0.2) is 0 Å². The number of hydrogen-bond acceptors (Lipinski definition) is 3. The standard InChI is InChI=1S/C19H34N2O2/c1-13(2)15-5-7-16(8-6-15)20-17-9-18(10-17)21(12-19(22)23)11-14-3-4-14/h13-18,20H,3-12H2,1-2H3,(H,22,23). The van der Waals surface area contributed by atoms with Crippen molar-refractivity contribution in [2.45, 2.75) is 83.3 Å². The highest BCUT2D eigenvalue weighted by Gasteiger charge is 2.38. The van der Waals surface area contributed by atoms with Gasteiger partial charge in [0.15, 0.2) is 0 Å². The van der Waals surface area contributed by atoms with Crippen molar-refractivity contribution in [3.63, 3.8) is 0 Å². The van der Waals surface area contributed by atoms with Gasteiger partial charge in [0.25, 0.3) is 0 Å². The van der Waals surface area contributed by atoms with E-state index in [1.807, 2.05) is 0 Å². The Balaban J connectivity index is 1.37. The van der Waals surface area contributed by atoms with Crippen LogP contribution in [0, 0.1) is 17.8 Å². The summed E-state index contributed by atoms with van der Waals surface area (Å²) in [7, 11) is 0. The summed E-state index contributed by atoms with van der Waals surface area (Å²) in [5.41, 5.74) is 0. The van der Waals surface area contributed by atoms with Gasteiger partial charge in [0, 0.05) is 24.7 Å². The monoisotopic (exact) mass is 322 g/mol. The largest absolute Gasteiger partial charge is 0.480 e. The smallest absolute Gasteiger partial charge is 0.317 e. The molecule has 0 aromatic carbocycles. The van der Waals surface area contributed by atoms with Gasteiger partial charge in [0.05, 0.1) is 6.54 Å². The minimum Gasteiger partial charge on any atom is -0.480 e. The molecule has 2 N–H and O–H groups in total. The maximum Gasteiger partial charge on any atom is 0.317 e. The SMILES string of the molecule is CC(C)C1CCC(NC2CC(N(CC(=O)O)CC3CC3)C2)CC1. The summed E-state index contributed by atoms with van der Waals surface area (Å²) in [6.07, 6.45) is 10.3. The first kappa shape index (κ1) is 17.2. The number of carboxylic acids is 1. The first-order valence-electron chi connectivity index (χ1n) is 9.73. The van der Waals surface area contributed by atoms with E-state index in [0.29, 0.717) is 18.1 Å². The van der Waals surface area contributed by atoms with E-state index in [4.69, 9.17) is 5.11 Å². The van der Waals surface area contributed by atoms with Gasteiger partial charge in [-0.05, 0) is 69.1 Å². The Morgan fingerprint density at radius 3 is 2.26 bits per heavy atom. The van der Waals surface area contributed by atoms with Crippen LogP contribution in [0.3, 0.4) is 0 Å². The Morgan fingerprint density at radius 2 is 1.74 bits per heavy atom. The van der Waals surface area contributed by atoms with Gasteiger partial charge in [0.2, 0.25) is 0 Å². The molecule has 0 atom stereocenters. The molecule has 0 aliphatic heterocycles. The van der Waals surface area contributed by atoms with E-state index in [2.05, 4.69) is 24.1 Å². The molecule has 0 bridgehead atoms. The second-order valence-electron chi connectivity index (χ2n) is 8.61. The van der Waals surface area contributed by atoms with Crippen LogP contribution in [0.5, 0.6) is 0 Å². The van der Waals surface area contributed by atoms with E-state index in [9.17, 15) is 4.79 Å². The van der Waals surface area contributed by atoms with Crippen molar-refractivity contribution in [3.05, 3.63) is 0 Å². The number of aliphatic carboxylic acids is 1. The quantitative estimate of drug-likeness (QED) is 0.721. The van der Waals surface area contributed by atoms with Crippen molar-refractivity contribution in [1.29, 1.82) is 0 Å². The molecule has 0 radical (unpaired) electrons. The first-order valence-corrected chi connectivity index (χ1v) is 9.73. The summed E-state index contributed by atoms with van der Waals surface area (Å²) in [6.45, 7) is 5.94. The summed E-state index contributed by atoms with van der Waals surface area (Å²) >= 11 is 0. The van der Waals surface area contributed by atoms with Crippen molar-refractivity contribution in [3.8, 4) is 0 Å². The lowest BCUT2D eigenvalue weighted by Crippen LogP contribution is -2.56. The highest BCUT2D eigenvalue weighted by Crippen LogP contribution is 2.35. The third-order valence-electron chi connectivity index (χ3n) is 6.34. The first-order chi connectivity index (χ1) is 11.0. The Hall–Kier alpha value is -0.610. The van der Waals surface area contributed by atoms with Gasteiger partial charge in [-0.15, -0.1) is 0 Å². The molecule has 4 nitrogen and oxygen atoms in total. The zero-order chi connectivity index (χ0) is 16.4. The summed E-state index contributed by atoms with van der Waals surface area (Å²) in [6, 6.07) is 1.82. The van der Waals surface area contributed by atoms with Crippen molar-refractivity contribution < 1.29 is 9.90 Å². The normalized spacial score (nSPS) is 34.6. The van der Waals surface area contributed by atoms with E-state index in [1.165, 1.54) is 38.5 Å². The number of carbonyl (C=O) groups is 1. The lowest BCUT2D eigenvalue weighted by atomic mass is 9.78. The summed E-state index contributed by atoms with van der Waals surface area (Å²) in [5, 5.41) is 13.0. The predicted octanol–water partition coefficient (Wildman–Crippen LogP) is 3.12. The summed E-state index contributed by atoms with van der Waals surface area (Å²) < 4.78 is 0.